The van der Waals surface area contributed by atoms with Gasteiger partial charge in [-0.15, -0.1) is 0 Å². The van der Waals surface area contributed by atoms with Gasteiger partial charge in [0.2, 0.25) is 5.75 Å². The molecule has 6 nitrogen and oxygen atoms in total. The van der Waals surface area contributed by atoms with Gasteiger partial charge in [-0.3, -0.25) is 14.9 Å². The molecule has 0 heterocycles. The summed E-state index contributed by atoms with van der Waals surface area (Å²) in [4.78, 5) is 21.7. The molecule has 0 aliphatic heterocycles. The number of ether oxygens (including phenoxy) is 1. The molecular formula is C16H15NO5. The largest absolute Gasteiger partial charge is 0.487 e. The van der Waals surface area contributed by atoms with Crippen LogP contribution in [0.1, 0.15) is 12.5 Å². The Bertz CT molecular complexity index is 697. The van der Waals surface area contributed by atoms with Gasteiger partial charge in [-0.2, -0.15) is 0 Å². The van der Waals surface area contributed by atoms with Gasteiger partial charge in [-0.1, -0.05) is 36.4 Å². The molecular weight excluding hydrogens is 286 g/mol. The smallest absolute Gasteiger partial charge is 0.315 e. The summed E-state index contributed by atoms with van der Waals surface area (Å²) in [5.41, 5.74) is 1.19. The average Bonchev–Trinajstić information content (AvgIpc) is 2.47. The quantitative estimate of drug-likeness (QED) is 0.653. The number of hydrogen-bond acceptors (Lipinski definition) is 4. The van der Waals surface area contributed by atoms with Crippen LogP contribution in [0.5, 0.6) is 5.75 Å². The molecule has 0 amide bonds. The van der Waals surface area contributed by atoms with Crippen molar-refractivity contribution in [3.05, 3.63) is 58.1 Å². The first-order valence-corrected chi connectivity index (χ1v) is 6.74. The van der Waals surface area contributed by atoms with Gasteiger partial charge in [0, 0.05) is 11.1 Å². The lowest BCUT2D eigenvalue weighted by Gasteiger charge is -2.13. The standard InChI is InChI=1S/C16H15NO5/c1-2-22-16-13(11-6-4-3-5-7-11)9-8-12(10-14(18)19)15(16)17(20)21/h3-9H,2,10H2,1H3,(H,18,19). The summed E-state index contributed by atoms with van der Waals surface area (Å²) in [7, 11) is 0. The van der Waals surface area contributed by atoms with Crippen molar-refractivity contribution >= 4 is 11.7 Å². The Hall–Kier alpha value is -2.89. The van der Waals surface area contributed by atoms with E-state index in [0.29, 0.717) is 5.56 Å². The number of benzene rings is 2. The Morgan fingerprint density at radius 2 is 1.91 bits per heavy atom. The van der Waals surface area contributed by atoms with Crippen LogP contribution in [-0.2, 0) is 11.2 Å². The molecule has 0 saturated carbocycles. The maximum absolute atomic E-state index is 11.4. The lowest BCUT2D eigenvalue weighted by atomic mass is 9.99. The number of rotatable bonds is 6. The van der Waals surface area contributed by atoms with Gasteiger partial charge >= 0.3 is 11.7 Å². The molecule has 0 spiro atoms. The molecule has 0 aliphatic carbocycles. The molecule has 0 atom stereocenters. The fourth-order valence-electron chi connectivity index (χ4n) is 2.25. The topological polar surface area (TPSA) is 89.7 Å². The molecule has 0 bridgehead atoms. The Labute approximate surface area is 127 Å². The van der Waals surface area contributed by atoms with Crippen molar-refractivity contribution in [1.82, 2.24) is 0 Å². The molecule has 1 N–H and O–H groups in total. The number of carboxylic acid groups (broad SMARTS) is 1. The first kappa shape index (κ1) is 15.5. The van der Waals surface area contributed by atoms with Crippen LogP contribution in [0.25, 0.3) is 11.1 Å². The number of nitrogens with zero attached hydrogens (tertiary/aromatic N) is 1. The van der Waals surface area contributed by atoms with Crippen LogP contribution in [0, 0.1) is 10.1 Å². The molecule has 0 aliphatic rings. The van der Waals surface area contributed by atoms with Crippen LogP contribution in [-0.4, -0.2) is 22.6 Å². The summed E-state index contributed by atoms with van der Waals surface area (Å²) >= 11 is 0. The van der Waals surface area contributed by atoms with E-state index in [0.717, 1.165) is 5.56 Å². The van der Waals surface area contributed by atoms with Gasteiger partial charge in [0.1, 0.15) is 0 Å². The Balaban J connectivity index is 2.68. The maximum Gasteiger partial charge on any atom is 0.315 e. The summed E-state index contributed by atoms with van der Waals surface area (Å²) < 4.78 is 5.47. The normalized spacial score (nSPS) is 10.2. The van der Waals surface area contributed by atoms with E-state index in [4.69, 9.17) is 9.84 Å². The van der Waals surface area contributed by atoms with Crippen LogP contribution in [0.4, 0.5) is 5.69 Å². The third-order valence-electron chi connectivity index (χ3n) is 3.11. The summed E-state index contributed by atoms with van der Waals surface area (Å²) in [6.07, 6.45) is -0.425. The second-order valence-corrected chi connectivity index (χ2v) is 4.58. The molecule has 2 aromatic carbocycles. The predicted octanol–water partition coefficient (Wildman–Crippen LogP) is 3.29. The molecule has 2 rings (SSSR count). The minimum absolute atomic E-state index is 0.109. The van der Waals surface area contributed by atoms with Gasteiger partial charge < -0.3 is 9.84 Å². The number of hydrogen-bond donors (Lipinski definition) is 1. The highest BCUT2D eigenvalue weighted by molar-refractivity contribution is 5.80. The average molecular weight is 301 g/mol. The van der Waals surface area contributed by atoms with E-state index >= 15 is 0 Å². The zero-order valence-corrected chi connectivity index (χ0v) is 12.0. The van der Waals surface area contributed by atoms with E-state index in [1.807, 2.05) is 30.3 Å². The van der Waals surface area contributed by atoms with E-state index in [1.165, 1.54) is 6.07 Å². The van der Waals surface area contributed by atoms with Gasteiger partial charge in [0.25, 0.3) is 0 Å². The van der Waals surface area contributed by atoms with Crippen LogP contribution < -0.4 is 4.74 Å². The lowest BCUT2D eigenvalue weighted by molar-refractivity contribution is -0.386. The number of carbonyl (C=O) groups is 1. The van der Waals surface area contributed by atoms with E-state index in [2.05, 4.69) is 0 Å². The number of carboxylic acids is 1. The maximum atomic E-state index is 11.4. The van der Waals surface area contributed by atoms with Gasteiger partial charge in [-0.25, -0.2) is 0 Å². The third kappa shape index (κ3) is 3.22. The monoisotopic (exact) mass is 301 g/mol. The van der Waals surface area contributed by atoms with Crippen molar-refractivity contribution in [3.63, 3.8) is 0 Å². The minimum atomic E-state index is -1.13. The van der Waals surface area contributed by atoms with Crippen molar-refractivity contribution in [1.29, 1.82) is 0 Å². The summed E-state index contributed by atoms with van der Waals surface area (Å²) in [6.45, 7) is 1.97. The van der Waals surface area contributed by atoms with Crippen LogP contribution in [0.3, 0.4) is 0 Å². The molecule has 0 fully saturated rings. The minimum Gasteiger partial charge on any atom is -0.487 e. The number of nitro groups is 1. The van der Waals surface area contributed by atoms with Crippen molar-refractivity contribution < 1.29 is 19.6 Å². The SMILES string of the molecule is CCOc1c(-c2ccccc2)ccc(CC(=O)O)c1[N+](=O)[O-]. The molecule has 2 aromatic rings. The summed E-state index contributed by atoms with van der Waals surface area (Å²) in [5, 5.41) is 20.3. The molecule has 6 heteroatoms. The Morgan fingerprint density at radius 3 is 2.45 bits per heavy atom. The predicted molar refractivity (Wildman–Crippen MR) is 81.0 cm³/mol. The second-order valence-electron chi connectivity index (χ2n) is 4.58. The molecule has 0 unspecified atom stereocenters. The third-order valence-corrected chi connectivity index (χ3v) is 3.11. The highest BCUT2D eigenvalue weighted by atomic mass is 16.6. The second kappa shape index (κ2) is 6.71. The molecule has 114 valence electrons. The van der Waals surface area contributed by atoms with Crippen LogP contribution >= 0.6 is 0 Å². The van der Waals surface area contributed by atoms with Crippen LogP contribution in [0.15, 0.2) is 42.5 Å². The zero-order chi connectivity index (χ0) is 16.1. The van der Waals surface area contributed by atoms with E-state index in [-0.39, 0.29) is 23.6 Å². The lowest BCUT2D eigenvalue weighted by Crippen LogP contribution is -2.07. The summed E-state index contributed by atoms with van der Waals surface area (Å²) in [5.74, 6) is -1.02. The number of aliphatic carboxylic acids is 1. The van der Waals surface area contributed by atoms with E-state index in [1.54, 1.807) is 13.0 Å². The first-order chi connectivity index (χ1) is 10.5. The van der Waals surface area contributed by atoms with Crippen molar-refractivity contribution in [3.8, 4) is 16.9 Å². The zero-order valence-electron chi connectivity index (χ0n) is 12.0. The van der Waals surface area contributed by atoms with E-state index in [9.17, 15) is 14.9 Å². The van der Waals surface area contributed by atoms with Gasteiger partial charge in [-0.05, 0) is 18.6 Å². The van der Waals surface area contributed by atoms with Gasteiger partial charge in [0.05, 0.1) is 18.0 Å². The first-order valence-electron chi connectivity index (χ1n) is 6.74. The van der Waals surface area contributed by atoms with Crippen molar-refractivity contribution in [2.75, 3.05) is 6.61 Å². The highest BCUT2D eigenvalue weighted by Gasteiger charge is 2.26. The Kier molecular flexibility index (Phi) is 4.73. The fourth-order valence-corrected chi connectivity index (χ4v) is 2.25. The van der Waals surface area contributed by atoms with Crippen LogP contribution in [0.2, 0.25) is 0 Å². The number of nitro benzene ring substituents is 1. The van der Waals surface area contributed by atoms with Crippen molar-refractivity contribution in [2.45, 2.75) is 13.3 Å². The molecule has 0 saturated heterocycles. The van der Waals surface area contributed by atoms with Crippen molar-refractivity contribution in [2.24, 2.45) is 0 Å². The summed E-state index contributed by atoms with van der Waals surface area (Å²) in [6, 6.07) is 12.3. The van der Waals surface area contributed by atoms with Gasteiger partial charge in [0.15, 0.2) is 0 Å². The molecule has 0 radical (unpaired) electrons. The fraction of sp³-hybridized carbons (Fsp3) is 0.188. The Morgan fingerprint density at radius 1 is 1.23 bits per heavy atom. The van der Waals surface area contributed by atoms with E-state index < -0.39 is 17.3 Å². The molecule has 0 aromatic heterocycles. The highest BCUT2D eigenvalue weighted by Crippen LogP contribution is 2.40. The molecule has 22 heavy (non-hydrogen) atoms.